The van der Waals surface area contributed by atoms with Gasteiger partial charge >= 0.3 is 0 Å². The van der Waals surface area contributed by atoms with E-state index in [0.29, 0.717) is 10.4 Å². The number of thioether (sulfide) groups is 1. The van der Waals surface area contributed by atoms with Crippen molar-refractivity contribution in [3.8, 4) is 0 Å². The summed E-state index contributed by atoms with van der Waals surface area (Å²) in [6.45, 7) is 0.891. The van der Waals surface area contributed by atoms with Crippen molar-refractivity contribution in [1.82, 2.24) is 5.32 Å². The Kier molecular flexibility index (Phi) is 4.39. The Morgan fingerprint density at radius 1 is 1.35 bits per heavy atom. The minimum atomic E-state index is 0.450. The van der Waals surface area contributed by atoms with E-state index in [1.54, 1.807) is 0 Å². The predicted molar refractivity (Wildman–Crippen MR) is 80.0 cm³/mol. The van der Waals surface area contributed by atoms with E-state index in [2.05, 4.69) is 21.9 Å². The lowest BCUT2D eigenvalue weighted by molar-refractivity contribution is 0.961. The van der Waals surface area contributed by atoms with Crippen molar-refractivity contribution in [3.05, 3.63) is 30.3 Å². The van der Waals surface area contributed by atoms with Gasteiger partial charge in [-0.25, -0.2) is 0 Å². The fraction of sp³-hybridized carbons (Fsp3) is 0.333. The molecule has 0 fully saturated rings. The lowest BCUT2D eigenvalue weighted by atomic mass is 10.3. The third kappa shape index (κ3) is 3.44. The summed E-state index contributed by atoms with van der Waals surface area (Å²) >= 11 is 7.07. The quantitative estimate of drug-likeness (QED) is 0.806. The van der Waals surface area contributed by atoms with E-state index >= 15 is 0 Å². The monoisotopic (exact) mass is 265 g/mol. The average Bonchev–Trinajstić information content (AvgIpc) is 2.77. The molecular formula is C12H15N3S2. The molecule has 0 spiro atoms. The summed E-state index contributed by atoms with van der Waals surface area (Å²) in [5.74, 6) is 0.992. The second kappa shape index (κ2) is 6.02. The number of benzene rings is 1. The third-order valence-electron chi connectivity index (χ3n) is 2.54. The van der Waals surface area contributed by atoms with Gasteiger partial charge in [0.1, 0.15) is 5.84 Å². The molecule has 0 aromatic heterocycles. The molecule has 1 unspecified atom stereocenters. The first-order chi connectivity index (χ1) is 8.29. The van der Waals surface area contributed by atoms with Crippen molar-refractivity contribution in [3.63, 3.8) is 0 Å². The summed E-state index contributed by atoms with van der Waals surface area (Å²) in [5.41, 5.74) is 0.990. The number of rotatable bonds is 2. The number of aliphatic imine (C=N–C) groups is 1. The van der Waals surface area contributed by atoms with Crippen LogP contribution >= 0.6 is 24.0 Å². The highest BCUT2D eigenvalue weighted by atomic mass is 32.2. The second-order valence-electron chi connectivity index (χ2n) is 3.73. The molecule has 1 atom stereocenters. The normalized spacial score (nSPS) is 18.6. The van der Waals surface area contributed by atoms with Gasteiger partial charge in [0.2, 0.25) is 0 Å². The molecule has 17 heavy (non-hydrogen) atoms. The topological polar surface area (TPSA) is 36.4 Å². The number of nitrogens with one attached hydrogen (secondary N) is 2. The molecule has 1 aromatic rings. The highest BCUT2D eigenvalue weighted by Crippen LogP contribution is 2.17. The fourth-order valence-corrected chi connectivity index (χ4v) is 2.61. The van der Waals surface area contributed by atoms with Crippen LogP contribution in [0.25, 0.3) is 0 Å². The Morgan fingerprint density at radius 2 is 2.12 bits per heavy atom. The van der Waals surface area contributed by atoms with Crippen LogP contribution in [0.2, 0.25) is 0 Å². The summed E-state index contributed by atoms with van der Waals surface area (Å²) in [6.07, 6.45) is 3.19. The Labute approximate surface area is 111 Å². The second-order valence-corrected chi connectivity index (χ2v) is 5.17. The summed E-state index contributed by atoms with van der Waals surface area (Å²) in [4.78, 5) is 4.43. The zero-order valence-electron chi connectivity index (χ0n) is 9.64. The predicted octanol–water partition coefficient (Wildman–Crippen LogP) is 2.51. The molecule has 1 aliphatic heterocycles. The van der Waals surface area contributed by atoms with Crippen LogP contribution in [-0.2, 0) is 0 Å². The molecule has 0 radical (unpaired) electrons. The van der Waals surface area contributed by atoms with E-state index in [1.165, 1.54) is 0 Å². The van der Waals surface area contributed by atoms with E-state index in [-0.39, 0.29) is 0 Å². The smallest absolute Gasteiger partial charge is 0.176 e. The van der Waals surface area contributed by atoms with Gasteiger partial charge in [-0.2, -0.15) is 11.8 Å². The van der Waals surface area contributed by atoms with Crippen molar-refractivity contribution >= 4 is 40.6 Å². The van der Waals surface area contributed by atoms with Crippen LogP contribution in [0, 0.1) is 0 Å². The van der Waals surface area contributed by atoms with Crippen molar-refractivity contribution < 1.29 is 0 Å². The number of thiocarbonyl (C=S) groups is 1. The van der Waals surface area contributed by atoms with Gasteiger partial charge in [-0.05, 0) is 37.0 Å². The highest BCUT2D eigenvalue weighted by Gasteiger charge is 2.20. The van der Waals surface area contributed by atoms with Crippen LogP contribution in [0.15, 0.2) is 35.3 Å². The first kappa shape index (κ1) is 12.4. The number of hydrogen-bond donors (Lipinski definition) is 2. The molecule has 0 amide bonds. The van der Waals surface area contributed by atoms with Gasteiger partial charge in [0.25, 0.3) is 0 Å². The largest absolute Gasteiger partial charge is 0.332 e. The van der Waals surface area contributed by atoms with Gasteiger partial charge in [0.15, 0.2) is 5.11 Å². The molecule has 3 nitrogen and oxygen atoms in total. The maximum absolute atomic E-state index is 5.26. The van der Waals surface area contributed by atoms with E-state index < -0.39 is 0 Å². The summed E-state index contributed by atoms with van der Waals surface area (Å²) in [6, 6.07) is 9.89. The molecule has 1 heterocycles. The lowest BCUT2D eigenvalue weighted by Gasteiger charge is -2.14. The summed E-state index contributed by atoms with van der Waals surface area (Å²) < 4.78 is 0. The van der Waals surface area contributed by atoms with Crippen molar-refractivity contribution in [2.75, 3.05) is 18.1 Å². The number of nitrogens with zero attached hydrogens (tertiary/aromatic N) is 1. The Bertz CT molecular complexity index is 417. The highest BCUT2D eigenvalue weighted by molar-refractivity contribution is 8.00. The molecule has 0 saturated heterocycles. The fourth-order valence-electron chi connectivity index (χ4n) is 1.69. The Morgan fingerprint density at radius 3 is 2.82 bits per heavy atom. The van der Waals surface area contributed by atoms with E-state index in [4.69, 9.17) is 12.2 Å². The van der Waals surface area contributed by atoms with Crippen LogP contribution in [0.5, 0.6) is 0 Å². The number of para-hydroxylation sites is 1. The van der Waals surface area contributed by atoms with Crippen LogP contribution in [0.3, 0.4) is 0 Å². The van der Waals surface area contributed by atoms with Crippen LogP contribution in [0.1, 0.15) is 6.42 Å². The number of amidine groups is 1. The van der Waals surface area contributed by atoms with Gasteiger partial charge < -0.3 is 10.6 Å². The van der Waals surface area contributed by atoms with Gasteiger partial charge in [-0.15, -0.1) is 0 Å². The zero-order chi connectivity index (χ0) is 12.1. The van der Waals surface area contributed by atoms with Gasteiger partial charge in [-0.1, -0.05) is 18.2 Å². The molecule has 0 saturated carbocycles. The van der Waals surface area contributed by atoms with Crippen molar-refractivity contribution in [2.45, 2.75) is 11.7 Å². The maximum atomic E-state index is 5.26. The van der Waals surface area contributed by atoms with E-state index in [0.717, 1.165) is 24.5 Å². The number of hydrogen-bond acceptors (Lipinski definition) is 3. The van der Waals surface area contributed by atoms with E-state index in [9.17, 15) is 0 Å². The van der Waals surface area contributed by atoms with Gasteiger partial charge in [-0.3, -0.25) is 4.99 Å². The minimum absolute atomic E-state index is 0.450. The van der Waals surface area contributed by atoms with Crippen LogP contribution < -0.4 is 10.6 Å². The van der Waals surface area contributed by atoms with Crippen LogP contribution in [0.4, 0.5) is 5.69 Å². The molecule has 5 heteroatoms. The summed E-state index contributed by atoms with van der Waals surface area (Å²) in [7, 11) is 0. The van der Waals surface area contributed by atoms with Crippen LogP contribution in [-0.4, -0.2) is 29.0 Å². The Balaban J connectivity index is 1.90. The molecule has 2 rings (SSSR count). The third-order valence-corrected chi connectivity index (χ3v) is 3.77. The number of anilines is 1. The van der Waals surface area contributed by atoms with Crippen molar-refractivity contribution in [1.29, 1.82) is 0 Å². The van der Waals surface area contributed by atoms with Gasteiger partial charge in [0.05, 0.1) is 5.25 Å². The van der Waals surface area contributed by atoms with E-state index in [1.807, 2.05) is 42.1 Å². The molecule has 1 aromatic carbocycles. The molecular weight excluding hydrogens is 250 g/mol. The molecule has 0 bridgehead atoms. The summed E-state index contributed by atoms with van der Waals surface area (Å²) in [5, 5.41) is 7.38. The zero-order valence-corrected chi connectivity index (χ0v) is 11.3. The molecule has 0 aliphatic carbocycles. The standard InChI is InChI=1S/C12H15N3S2/c1-17-10-7-8-13-11(10)15-12(16)14-9-5-3-2-4-6-9/h2-6,10H,7-8H2,1H3,(H2,13,14,15,16). The molecule has 2 N–H and O–H groups in total. The maximum Gasteiger partial charge on any atom is 0.176 e. The van der Waals surface area contributed by atoms with Crippen molar-refractivity contribution in [2.24, 2.45) is 4.99 Å². The minimum Gasteiger partial charge on any atom is -0.332 e. The first-order valence-electron chi connectivity index (χ1n) is 5.50. The lowest BCUT2D eigenvalue weighted by Crippen LogP contribution is -2.37. The molecule has 1 aliphatic rings. The first-order valence-corrected chi connectivity index (χ1v) is 7.19. The average molecular weight is 265 g/mol. The molecule has 90 valence electrons. The Hall–Kier alpha value is -1.07. The SMILES string of the molecule is CSC1CCN=C1NC(=S)Nc1ccccc1. The van der Waals surface area contributed by atoms with Gasteiger partial charge in [0, 0.05) is 12.2 Å².